The first-order valence-corrected chi connectivity index (χ1v) is 6.23. The molecule has 102 valence electrons. The zero-order valence-corrected chi connectivity index (χ0v) is 10.8. The molecular formula is C13H8FNO4S. The molecule has 0 spiro atoms. The lowest BCUT2D eigenvalue weighted by atomic mass is 10.2. The minimum absolute atomic E-state index is 0.0981. The Morgan fingerprint density at radius 3 is 2.60 bits per heavy atom. The smallest absolute Gasteiger partial charge is 0.335 e. The highest BCUT2D eigenvalue weighted by atomic mass is 32.2. The van der Waals surface area contributed by atoms with E-state index in [-0.39, 0.29) is 11.3 Å². The first-order valence-electron chi connectivity index (χ1n) is 5.42. The Labute approximate surface area is 117 Å². The number of carboxylic acids is 1. The largest absolute Gasteiger partial charge is 0.478 e. The number of nitro groups is 1. The number of nitrogens with zero attached hydrogens (tertiary/aromatic N) is 1. The molecular weight excluding hydrogens is 285 g/mol. The van der Waals surface area contributed by atoms with Gasteiger partial charge < -0.3 is 5.11 Å². The number of carbonyl (C=O) groups is 1. The molecule has 20 heavy (non-hydrogen) atoms. The Bertz CT molecular complexity index is 690. The lowest BCUT2D eigenvalue weighted by molar-refractivity contribution is -0.385. The van der Waals surface area contributed by atoms with Crippen LogP contribution in [0.4, 0.5) is 10.1 Å². The Balaban J connectivity index is 2.32. The molecule has 0 saturated heterocycles. The van der Waals surface area contributed by atoms with Gasteiger partial charge in [-0.1, -0.05) is 17.8 Å². The number of aromatic carboxylic acids is 1. The summed E-state index contributed by atoms with van der Waals surface area (Å²) < 4.78 is 13.3. The highest BCUT2D eigenvalue weighted by molar-refractivity contribution is 7.99. The summed E-state index contributed by atoms with van der Waals surface area (Å²) in [6.07, 6.45) is 0. The summed E-state index contributed by atoms with van der Waals surface area (Å²) in [5.74, 6) is -1.78. The standard InChI is InChI=1S/C13H8FNO4S/c14-9-5-10(15(18)19)7-12(6-9)20-11-3-1-2-8(4-11)13(16)17/h1-7H,(H,16,17). The van der Waals surface area contributed by atoms with Crippen LogP contribution in [0.2, 0.25) is 0 Å². The van der Waals surface area contributed by atoms with E-state index in [1.54, 1.807) is 12.1 Å². The number of hydrogen-bond donors (Lipinski definition) is 1. The van der Waals surface area contributed by atoms with Crippen molar-refractivity contribution in [3.05, 3.63) is 64.0 Å². The van der Waals surface area contributed by atoms with E-state index in [2.05, 4.69) is 0 Å². The van der Waals surface area contributed by atoms with Gasteiger partial charge in [0.1, 0.15) is 5.82 Å². The van der Waals surface area contributed by atoms with Gasteiger partial charge in [0.05, 0.1) is 16.6 Å². The van der Waals surface area contributed by atoms with Gasteiger partial charge in [-0.25, -0.2) is 9.18 Å². The Morgan fingerprint density at radius 2 is 1.95 bits per heavy atom. The SMILES string of the molecule is O=C(O)c1cccc(Sc2cc(F)cc([N+](=O)[O-])c2)c1. The number of halogens is 1. The van der Waals surface area contributed by atoms with Gasteiger partial charge in [0.25, 0.3) is 5.69 Å². The molecule has 0 aliphatic rings. The second kappa shape index (κ2) is 5.70. The summed E-state index contributed by atoms with van der Waals surface area (Å²) in [4.78, 5) is 21.7. The molecule has 2 rings (SSSR count). The minimum atomic E-state index is -1.07. The number of rotatable bonds is 4. The van der Waals surface area contributed by atoms with Crippen LogP contribution in [0, 0.1) is 15.9 Å². The fourth-order valence-electron chi connectivity index (χ4n) is 1.54. The monoisotopic (exact) mass is 293 g/mol. The van der Waals surface area contributed by atoms with E-state index < -0.39 is 16.7 Å². The van der Waals surface area contributed by atoms with Gasteiger partial charge in [0.15, 0.2) is 0 Å². The van der Waals surface area contributed by atoms with Gasteiger partial charge in [0.2, 0.25) is 0 Å². The summed E-state index contributed by atoms with van der Waals surface area (Å²) in [7, 11) is 0. The quantitative estimate of drug-likeness (QED) is 0.688. The Morgan fingerprint density at radius 1 is 1.20 bits per heavy atom. The van der Waals surface area contributed by atoms with Crippen LogP contribution < -0.4 is 0 Å². The number of nitro benzene ring substituents is 1. The highest BCUT2D eigenvalue weighted by Crippen LogP contribution is 2.31. The third-order valence-corrected chi connectivity index (χ3v) is 3.34. The molecule has 0 atom stereocenters. The second-order valence-corrected chi connectivity index (χ2v) is 4.98. The summed E-state index contributed by atoms with van der Waals surface area (Å²) >= 11 is 1.06. The number of hydrogen-bond acceptors (Lipinski definition) is 4. The third kappa shape index (κ3) is 3.33. The molecule has 2 aromatic rings. The van der Waals surface area contributed by atoms with Crippen molar-refractivity contribution >= 4 is 23.4 Å². The van der Waals surface area contributed by atoms with Crippen molar-refractivity contribution < 1.29 is 19.2 Å². The summed E-state index contributed by atoms with van der Waals surface area (Å²) in [6.45, 7) is 0. The molecule has 0 aliphatic carbocycles. The maximum atomic E-state index is 13.3. The molecule has 0 aromatic heterocycles. The van der Waals surface area contributed by atoms with Gasteiger partial charge in [-0.05, 0) is 24.3 Å². The zero-order chi connectivity index (χ0) is 14.7. The molecule has 0 radical (unpaired) electrons. The van der Waals surface area contributed by atoms with Gasteiger partial charge in [0, 0.05) is 15.9 Å². The van der Waals surface area contributed by atoms with Crippen molar-refractivity contribution in [3.8, 4) is 0 Å². The maximum absolute atomic E-state index is 13.3. The van der Waals surface area contributed by atoms with Crippen molar-refractivity contribution in [2.24, 2.45) is 0 Å². The van der Waals surface area contributed by atoms with Crippen LogP contribution in [0.5, 0.6) is 0 Å². The normalized spacial score (nSPS) is 10.2. The van der Waals surface area contributed by atoms with E-state index in [1.807, 2.05) is 0 Å². The molecule has 0 amide bonds. The molecule has 2 aromatic carbocycles. The van der Waals surface area contributed by atoms with Crippen molar-refractivity contribution in [2.75, 3.05) is 0 Å². The number of non-ortho nitro benzene ring substituents is 1. The van der Waals surface area contributed by atoms with Crippen LogP contribution in [0.3, 0.4) is 0 Å². The predicted molar refractivity (Wildman–Crippen MR) is 70.6 cm³/mol. The van der Waals surface area contributed by atoms with Gasteiger partial charge in [-0.2, -0.15) is 0 Å². The molecule has 0 fully saturated rings. The van der Waals surface area contributed by atoms with E-state index in [0.29, 0.717) is 9.79 Å². The molecule has 0 saturated carbocycles. The summed E-state index contributed by atoms with van der Waals surface area (Å²) in [6, 6.07) is 9.28. The average Bonchev–Trinajstić information content (AvgIpc) is 2.38. The van der Waals surface area contributed by atoms with Crippen LogP contribution in [-0.4, -0.2) is 16.0 Å². The lowest BCUT2D eigenvalue weighted by Gasteiger charge is -2.03. The number of benzene rings is 2. The van der Waals surface area contributed by atoms with Crippen LogP contribution in [0.25, 0.3) is 0 Å². The van der Waals surface area contributed by atoms with Gasteiger partial charge in [-0.3, -0.25) is 10.1 Å². The van der Waals surface area contributed by atoms with Crippen molar-refractivity contribution in [2.45, 2.75) is 9.79 Å². The molecule has 5 nitrogen and oxygen atoms in total. The molecule has 0 heterocycles. The topological polar surface area (TPSA) is 80.4 Å². The van der Waals surface area contributed by atoms with E-state index in [0.717, 1.165) is 23.9 Å². The van der Waals surface area contributed by atoms with Gasteiger partial charge >= 0.3 is 5.97 Å². The lowest BCUT2D eigenvalue weighted by Crippen LogP contribution is -1.95. The highest BCUT2D eigenvalue weighted by Gasteiger charge is 2.11. The molecule has 1 N–H and O–H groups in total. The van der Waals surface area contributed by atoms with E-state index in [1.165, 1.54) is 18.2 Å². The van der Waals surface area contributed by atoms with Crippen molar-refractivity contribution in [1.82, 2.24) is 0 Å². The molecule has 0 aliphatic heterocycles. The van der Waals surface area contributed by atoms with E-state index in [4.69, 9.17) is 5.11 Å². The second-order valence-electron chi connectivity index (χ2n) is 3.84. The van der Waals surface area contributed by atoms with E-state index in [9.17, 15) is 19.3 Å². The Hall–Kier alpha value is -2.41. The Kier molecular flexibility index (Phi) is 3.99. The van der Waals surface area contributed by atoms with Crippen LogP contribution in [-0.2, 0) is 0 Å². The van der Waals surface area contributed by atoms with Gasteiger partial charge in [-0.15, -0.1) is 0 Å². The maximum Gasteiger partial charge on any atom is 0.335 e. The van der Waals surface area contributed by atoms with Crippen molar-refractivity contribution in [1.29, 1.82) is 0 Å². The third-order valence-electron chi connectivity index (χ3n) is 2.38. The summed E-state index contributed by atoms with van der Waals surface area (Å²) in [5.41, 5.74) is -0.247. The zero-order valence-electron chi connectivity index (χ0n) is 9.95. The van der Waals surface area contributed by atoms with Crippen LogP contribution in [0.15, 0.2) is 52.3 Å². The minimum Gasteiger partial charge on any atom is -0.478 e. The number of carboxylic acid groups (broad SMARTS) is 1. The fourth-order valence-corrected chi connectivity index (χ4v) is 2.50. The fraction of sp³-hybridized carbons (Fsp3) is 0. The molecule has 0 bridgehead atoms. The molecule has 0 unspecified atom stereocenters. The predicted octanol–water partition coefficient (Wildman–Crippen LogP) is 3.58. The summed E-state index contributed by atoms with van der Waals surface area (Å²) in [5, 5.41) is 19.5. The average molecular weight is 293 g/mol. The first-order chi connectivity index (χ1) is 9.45. The van der Waals surface area contributed by atoms with Crippen LogP contribution >= 0.6 is 11.8 Å². The molecule has 7 heteroatoms. The first kappa shape index (κ1) is 14.0. The van der Waals surface area contributed by atoms with E-state index >= 15 is 0 Å². The van der Waals surface area contributed by atoms with Crippen molar-refractivity contribution in [3.63, 3.8) is 0 Å². The van der Waals surface area contributed by atoms with Crippen LogP contribution in [0.1, 0.15) is 10.4 Å².